The highest BCUT2D eigenvalue weighted by Crippen LogP contribution is 2.07. The van der Waals surface area contributed by atoms with E-state index in [-0.39, 0.29) is 18.3 Å². The molecule has 7 heteroatoms. The Bertz CT molecular complexity index is 463. The molecule has 1 amide bonds. The largest absolute Gasteiger partial charge is 0.383 e. The first-order valence-electron chi connectivity index (χ1n) is 6.72. The van der Waals surface area contributed by atoms with Gasteiger partial charge in [-0.1, -0.05) is 0 Å². The molecule has 1 aromatic rings. The predicted molar refractivity (Wildman–Crippen MR) is 80.9 cm³/mol. The van der Waals surface area contributed by atoms with Crippen molar-refractivity contribution in [3.63, 3.8) is 0 Å². The Morgan fingerprint density at radius 2 is 2.00 bits per heavy atom. The fraction of sp³-hybridized carbons (Fsp3) is 0.429. The molecule has 0 bridgehead atoms. The third-order valence-corrected chi connectivity index (χ3v) is 2.45. The van der Waals surface area contributed by atoms with Gasteiger partial charge in [0.1, 0.15) is 12.4 Å². The van der Waals surface area contributed by atoms with Crippen LogP contribution in [0.5, 0.6) is 0 Å². The molecule has 116 valence electrons. The van der Waals surface area contributed by atoms with E-state index in [1.165, 1.54) is 24.3 Å². The van der Waals surface area contributed by atoms with Crippen molar-refractivity contribution in [1.82, 2.24) is 10.6 Å². The Morgan fingerprint density at radius 3 is 2.62 bits per heavy atom. The summed E-state index contributed by atoms with van der Waals surface area (Å²) < 4.78 is 17.7. The van der Waals surface area contributed by atoms with Crippen LogP contribution in [-0.2, 0) is 9.53 Å². The molecule has 0 saturated heterocycles. The van der Waals surface area contributed by atoms with E-state index in [0.29, 0.717) is 31.3 Å². The van der Waals surface area contributed by atoms with Crippen LogP contribution in [0.1, 0.15) is 6.92 Å². The van der Waals surface area contributed by atoms with Gasteiger partial charge in [0.25, 0.3) is 0 Å². The average Bonchev–Trinajstić information content (AvgIpc) is 2.47. The highest BCUT2D eigenvalue weighted by Gasteiger charge is 2.03. The minimum Gasteiger partial charge on any atom is -0.383 e. The van der Waals surface area contributed by atoms with Crippen LogP contribution in [0.3, 0.4) is 0 Å². The van der Waals surface area contributed by atoms with E-state index in [4.69, 9.17) is 4.74 Å². The maximum atomic E-state index is 12.7. The van der Waals surface area contributed by atoms with Gasteiger partial charge in [-0.3, -0.25) is 4.79 Å². The fourth-order valence-corrected chi connectivity index (χ4v) is 1.50. The lowest BCUT2D eigenvalue weighted by Gasteiger charge is -2.10. The smallest absolute Gasteiger partial charge is 0.246 e. The SMILES string of the molecule is CCNC(=NCC(=O)Nc1ccc(F)cc1)NCCOC. The Kier molecular flexibility index (Phi) is 7.81. The van der Waals surface area contributed by atoms with Crippen molar-refractivity contribution in [3.05, 3.63) is 30.1 Å². The van der Waals surface area contributed by atoms with Crippen LogP contribution in [-0.4, -0.2) is 45.2 Å². The number of guanidine groups is 1. The molecule has 0 radical (unpaired) electrons. The van der Waals surface area contributed by atoms with Crippen molar-refractivity contribution >= 4 is 17.6 Å². The molecule has 0 unspecified atom stereocenters. The van der Waals surface area contributed by atoms with Gasteiger partial charge in [0.05, 0.1) is 6.61 Å². The quantitative estimate of drug-likeness (QED) is 0.398. The molecule has 21 heavy (non-hydrogen) atoms. The number of anilines is 1. The van der Waals surface area contributed by atoms with Crippen molar-refractivity contribution in [2.45, 2.75) is 6.92 Å². The number of hydrogen-bond acceptors (Lipinski definition) is 3. The molecule has 0 spiro atoms. The van der Waals surface area contributed by atoms with Crippen LogP contribution >= 0.6 is 0 Å². The molecule has 0 saturated carbocycles. The maximum Gasteiger partial charge on any atom is 0.246 e. The van der Waals surface area contributed by atoms with E-state index in [1.54, 1.807) is 7.11 Å². The lowest BCUT2D eigenvalue weighted by Crippen LogP contribution is -2.39. The number of aliphatic imine (C=N–C) groups is 1. The molecule has 6 nitrogen and oxygen atoms in total. The van der Waals surface area contributed by atoms with Crippen molar-refractivity contribution in [2.24, 2.45) is 4.99 Å². The molecule has 0 fully saturated rings. The summed E-state index contributed by atoms with van der Waals surface area (Å²) in [5.41, 5.74) is 0.536. The minimum absolute atomic E-state index is 0.0281. The van der Waals surface area contributed by atoms with Crippen LogP contribution < -0.4 is 16.0 Å². The van der Waals surface area contributed by atoms with Gasteiger partial charge < -0.3 is 20.7 Å². The summed E-state index contributed by atoms with van der Waals surface area (Å²) in [5, 5.41) is 8.70. The number of carbonyl (C=O) groups excluding carboxylic acids is 1. The summed E-state index contributed by atoms with van der Waals surface area (Å²) in [4.78, 5) is 15.9. The summed E-state index contributed by atoms with van der Waals surface area (Å²) in [7, 11) is 1.61. The molecule has 0 aliphatic carbocycles. The highest BCUT2D eigenvalue weighted by molar-refractivity contribution is 5.94. The second-order valence-corrected chi connectivity index (χ2v) is 4.17. The number of benzene rings is 1. The second kappa shape index (κ2) is 9.71. The number of halogens is 1. The third-order valence-electron chi connectivity index (χ3n) is 2.45. The van der Waals surface area contributed by atoms with E-state index in [2.05, 4.69) is 20.9 Å². The van der Waals surface area contributed by atoms with Crippen LogP contribution in [0, 0.1) is 5.82 Å². The normalized spacial score (nSPS) is 11.1. The van der Waals surface area contributed by atoms with Crippen LogP contribution in [0.4, 0.5) is 10.1 Å². The summed E-state index contributed by atoms with van der Waals surface area (Å²) in [6, 6.07) is 5.57. The Balaban J connectivity index is 2.46. The Morgan fingerprint density at radius 1 is 1.29 bits per heavy atom. The second-order valence-electron chi connectivity index (χ2n) is 4.17. The van der Waals surface area contributed by atoms with Gasteiger partial charge in [-0.15, -0.1) is 0 Å². The van der Waals surface area contributed by atoms with Crippen molar-refractivity contribution in [2.75, 3.05) is 38.7 Å². The molecule has 0 atom stereocenters. The maximum absolute atomic E-state index is 12.7. The van der Waals surface area contributed by atoms with Gasteiger partial charge in [0, 0.05) is 25.9 Å². The third kappa shape index (κ3) is 7.26. The number of methoxy groups -OCH3 is 1. The zero-order chi connectivity index (χ0) is 15.5. The number of nitrogens with zero attached hydrogens (tertiary/aromatic N) is 1. The zero-order valence-corrected chi connectivity index (χ0v) is 12.3. The standard InChI is InChI=1S/C14H21FN4O2/c1-3-16-14(17-8-9-21-2)18-10-13(20)19-12-6-4-11(15)5-7-12/h4-7H,3,8-10H2,1-2H3,(H,19,20)(H2,16,17,18). The molecule has 0 aliphatic rings. The number of hydrogen-bond donors (Lipinski definition) is 3. The molecule has 0 aliphatic heterocycles. The van der Waals surface area contributed by atoms with Crippen molar-refractivity contribution in [3.8, 4) is 0 Å². The first kappa shape index (κ1) is 16.9. The first-order chi connectivity index (χ1) is 10.2. The molecule has 1 rings (SSSR count). The molecule has 0 heterocycles. The summed E-state index contributed by atoms with van der Waals surface area (Å²) in [6.07, 6.45) is 0. The molecular formula is C14H21FN4O2. The van der Waals surface area contributed by atoms with Crippen molar-refractivity contribution in [1.29, 1.82) is 0 Å². The molecule has 1 aromatic carbocycles. The van der Waals surface area contributed by atoms with E-state index in [9.17, 15) is 9.18 Å². The highest BCUT2D eigenvalue weighted by atomic mass is 19.1. The summed E-state index contributed by atoms with van der Waals surface area (Å²) >= 11 is 0. The van der Waals surface area contributed by atoms with Crippen LogP contribution in [0.15, 0.2) is 29.3 Å². The predicted octanol–water partition coefficient (Wildman–Crippen LogP) is 0.966. The van der Waals surface area contributed by atoms with E-state index < -0.39 is 0 Å². The Hall–Kier alpha value is -2.15. The average molecular weight is 296 g/mol. The summed E-state index contributed by atoms with van der Waals surface area (Å²) in [6.45, 7) is 3.75. The van der Waals surface area contributed by atoms with Gasteiger partial charge in [-0.25, -0.2) is 9.38 Å². The van der Waals surface area contributed by atoms with Crippen LogP contribution in [0.2, 0.25) is 0 Å². The number of carbonyl (C=O) groups is 1. The van der Waals surface area contributed by atoms with Gasteiger partial charge in [-0.05, 0) is 31.2 Å². The number of ether oxygens (including phenoxy) is 1. The lowest BCUT2D eigenvalue weighted by atomic mass is 10.3. The number of nitrogens with one attached hydrogen (secondary N) is 3. The summed E-state index contributed by atoms with van der Waals surface area (Å²) in [5.74, 6) is -0.0721. The first-order valence-corrected chi connectivity index (χ1v) is 6.72. The van der Waals surface area contributed by atoms with Gasteiger partial charge in [-0.2, -0.15) is 0 Å². The monoisotopic (exact) mass is 296 g/mol. The Labute approximate surface area is 123 Å². The number of amides is 1. The number of rotatable bonds is 7. The molecule has 3 N–H and O–H groups in total. The van der Waals surface area contributed by atoms with Gasteiger partial charge in [0.2, 0.25) is 5.91 Å². The van der Waals surface area contributed by atoms with E-state index >= 15 is 0 Å². The van der Waals surface area contributed by atoms with Gasteiger partial charge in [0.15, 0.2) is 5.96 Å². The van der Waals surface area contributed by atoms with E-state index in [0.717, 1.165) is 0 Å². The molecule has 0 aromatic heterocycles. The minimum atomic E-state index is -0.345. The van der Waals surface area contributed by atoms with Crippen molar-refractivity contribution < 1.29 is 13.9 Å². The molecular weight excluding hydrogens is 275 g/mol. The topological polar surface area (TPSA) is 74.8 Å². The van der Waals surface area contributed by atoms with E-state index in [1.807, 2.05) is 6.92 Å². The van der Waals surface area contributed by atoms with Crippen LogP contribution in [0.25, 0.3) is 0 Å². The fourth-order valence-electron chi connectivity index (χ4n) is 1.50. The lowest BCUT2D eigenvalue weighted by molar-refractivity contribution is -0.114. The van der Waals surface area contributed by atoms with Gasteiger partial charge >= 0.3 is 0 Å². The zero-order valence-electron chi connectivity index (χ0n) is 12.3.